The number of sulfonamides is 1. The monoisotopic (exact) mass is 285 g/mol. The Morgan fingerprint density at radius 3 is 2.33 bits per heavy atom. The van der Waals surface area contributed by atoms with Gasteiger partial charge in [-0.15, -0.1) is 18.0 Å². The summed E-state index contributed by atoms with van der Waals surface area (Å²) in [7, 11) is -3.59. The van der Waals surface area contributed by atoms with Gasteiger partial charge in [0.15, 0.2) is 0 Å². The first kappa shape index (κ1) is 15.0. The number of hydrogen-bond acceptors (Lipinski definition) is 2. The summed E-state index contributed by atoms with van der Waals surface area (Å²) in [5, 5.41) is 0. The Morgan fingerprint density at radius 2 is 1.89 bits per heavy atom. The van der Waals surface area contributed by atoms with Gasteiger partial charge in [0.25, 0.3) is 0 Å². The molecule has 1 rings (SSSR count). The molecule has 0 atom stereocenters. The molecule has 3 nitrogen and oxygen atoms in total. The van der Waals surface area contributed by atoms with Crippen LogP contribution in [0.2, 0.25) is 0 Å². The van der Waals surface area contributed by atoms with Gasteiger partial charge in [-0.25, -0.2) is 8.42 Å². The SMILES string of the molecule is C#CC(C)(C)NS(=O)(=O)c1ccc(CCCl)cc1. The number of terminal acetylenes is 1. The molecule has 0 saturated heterocycles. The Balaban J connectivity index is 2.96. The minimum atomic E-state index is -3.59. The highest BCUT2D eigenvalue weighted by atomic mass is 35.5. The van der Waals surface area contributed by atoms with Crippen LogP contribution in [-0.2, 0) is 16.4 Å². The van der Waals surface area contributed by atoms with Crippen molar-refractivity contribution in [3.63, 3.8) is 0 Å². The lowest BCUT2D eigenvalue weighted by Gasteiger charge is -2.19. The Labute approximate surface area is 114 Å². The zero-order valence-corrected chi connectivity index (χ0v) is 12.0. The molecule has 5 heteroatoms. The van der Waals surface area contributed by atoms with Crippen LogP contribution in [0.5, 0.6) is 0 Å². The average Bonchev–Trinajstić information content (AvgIpc) is 2.29. The van der Waals surface area contributed by atoms with E-state index in [1.54, 1.807) is 38.1 Å². The number of nitrogens with one attached hydrogen (secondary N) is 1. The number of hydrogen-bond donors (Lipinski definition) is 1. The third-order valence-corrected chi connectivity index (χ3v) is 4.23. The highest BCUT2D eigenvalue weighted by Gasteiger charge is 2.23. The maximum atomic E-state index is 12.0. The number of halogens is 1. The molecule has 0 aromatic heterocycles. The molecular formula is C13H16ClNO2S. The quantitative estimate of drug-likeness (QED) is 0.666. The molecule has 1 N–H and O–H groups in total. The summed E-state index contributed by atoms with van der Waals surface area (Å²) < 4.78 is 26.5. The fourth-order valence-electron chi connectivity index (χ4n) is 1.37. The highest BCUT2D eigenvalue weighted by molar-refractivity contribution is 7.89. The topological polar surface area (TPSA) is 46.2 Å². The molecule has 1 aromatic carbocycles. The van der Waals surface area contributed by atoms with Crippen molar-refractivity contribution in [2.75, 3.05) is 5.88 Å². The van der Waals surface area contributed by atoms with Crippen molar-refractivity contribution in [3.8, 4) is 12.3 Å². The number of alkyl halides is 1. The molecule has 0 bridgehead atoms. The van der Waals surface area contributed by atoms with Crippen LogP contribution in [0.1, 0.15) is 19.4 Å². The van der Waals surface area contributed by atoms with E-state index in [-0.39, 0.29) is 4.90 Å². The van der Waals surface area contributed by atoms with Gasteiger partial charge in [-0.05, 0) is 38.0 Å². The van der Waals surface area contributed by atoms with E-state index < -0.39 is 15.6 Å². The van der Waals surface area contributed by atoms with Crippen LogP contribution < -0.4 is 4.72 Å². The van der Waals surface area contributed by atoms with Gasteiger partial charge in [-0.2, -0.15) is 4.72 Å². The summed E-state index contributed by atoms with van der Waals surface area (Å²) in [5.74, 6) is 2.90. The second kappa shape index (κ2) is 5.75. The van der Waals surface area contributed by atoms with Gasteiger partial charge in [0.2, 0.25) is 10.0 Å². The largest absolute Gasteiger partial charge is 0.241 e. The standard InChI is InChI=1S/C13H16ClNO2S/c1-4-13(2,3)15-18(16,17)12-7-5-11(6-8-12)9-10-14/h1,5-8,15H,9-10H2,2-3H3. The molecule has 0 aliphatic rings. The Hall–Kier alpha value is -1.02. The molecule has 0 unspecified atom stereocenters. The van der Waals surface area contributed by atoms with Crippen molar-refractivity contribution in [1.29, 1.82) is 0 Å². The second-order valence-electron chi connectivity index (χ2n) is 4.46. The van der Waals surface area contributed by atoms with Crippen molar-refractivity contribution >= 4 is 21.6 Å². The summed E-state index contributed by atoms with van der Waals surface area (Å²) in [6.07, 6.45) is 5.98. The fourth-order valence-corrected chi connectivity index (χ4v) is 2.93. The zero-order valence-electron chi connectivity index (χ0n) is 10.4. The maximum absolute atomic E-state index is 12.0. The van der Waals surface area contributed by atoms with E-state index in [4.69, 9.17) is 18.0 Å². The van der Waals surface area contributed by atoms with Crippen LogP contribution in [0.3, 0.4) is 0 Å². The highest BCUT2D eigenvalue weighted by Crippen LogP contribution is 2.14. The lowest BCUT2D eigenvalue weighted by molar-refractivity contribution is 0.539. The molecule has 98 valence electrons. The first-order valence-corrected chi connectivity index (χ1v) is 7.49. The van der Waals surface area contributed by atoms with Gasteiger partial charge in [0.1, 0.15) is 0 Å². The molecule has 0 radical (unpaired) electrons. The smallest absolute Gasteiger partial charge is 0.207 e. The van der Waals surface area contributed by atoms with Gasteiger partial charge in [-0.1, -0.05) is 18.1 Å². The number of benzene rings is 1. The molecule has 0 fully saturated rings. The summed E-state index contributed by atoms with van der Waals surface area (Å²) in [5.41, 5.74) is 0.0911. The van der Waals surface area contributed by atoms with Gasteiger partial charge in [-0.3, -0.25) is 0 Å². The fraction of sp³-hybridized carbons (Fsp3) is 0.385. The average molecular weight is 286 g/mol. The van der Waals surface area contributed by atoms with Crippen LogP contribution >= 0.6 is 11.6 Å². The van der Waals surface area contributed by atoms with E-state index in [9.17, 15) is 8.42 Å². The Morgan fingerprint density at radius 1 is 1.33 bits per heavy atom. The van der Waals surface area contributed by atoms with Crippen LogP contribution in [0, 0.1) is 12.3 Å². The van der Waals surface area contributed by atoms with Crippen molar-refractivity contribution < 1.29 is 8.42 Å². The van der Waals surface area contributed by atoms with E-state index in [1.165, 1.54) is 0 Å². The minimum absolute atomic E-state index is 0.198. The summed E-state index contributed by atoms with van der Waals surface area (Å²) in [4.78, 5) is 0.198. The van der Waals surface area contributed by atoms with E-state index in [1.807, 2.05) is 0 Å². The normalized spacial score (nSPS) is 12.1. The van der Waals surface area contributed by atoms with Crippen molar-refractivity contribution in [1.82, 2.24) is 4.72 Å². The van der Waals surface area contributed by atoms with Gasteiger partial charge in [0.05, 0.1) is 10.4 Å². The van der Waals surface area contributed by atoms with E-state index in [0.29, 0.717) is 12.3 Å². The molecular weight excluding hydrogens is 270 g/mol. The van der Waals surface area contributed by atoms with E-state index in [2.05, 4.69) is 10.6 Å². The predicted molar refractivity (Wildman–Crippen MR) is 74.1 cm³/mol. The van der Waals surface area contributed by atoms with Crippen LogP contribution in [0.4, 0.5) is 0 Å². The van der Waals surface area contributed by atoms with Crippen molar-refractivity contribution in [2.45, 2.75) is 30.7 Å². The molecule has 1 aromatic rings. The second-order valence-corrected chi connectivity index (χ2v) is 6.52. The lowest BCUT2D eigenvalue weighted by Crippen LogP contribution is -2.41. The molecule has 18 heavy (non-hydrogen) atoms. The van der Waals surface area contributed by atoms with E-state index >= 15 is 0 Å². The first-order valence-electron chi connectivity index (χ1n) is 5.47. The molecule has 0 aliphatic heterocycles. The van der Waals surface area contributed by atoms with Gasteiger partial charge < -0.3 is 0 Å². The van der Waals surface area contributed by atoms with Gasteiger partial charge >= 0.3 is 0 Å². The molecule has 0 heterocycles. The molecule has 0 aliphatic carbocycles. The maximum Gasteiger partial charge on any atom is 0.241 e. The van der Waals surface area contributed by atoms with E-state index in [0.717, 1.165) is 5.56 Å². The molecule has 0 amide bonds. The number of aryl methyl sites for hydroxylation is 1. The third-order valence-electron chi connectivity index (χ3n) is 2.37. The zero-order chi connectivity index (χ0) is 13.8. The molecule has 0 spiro atoms. The Bertz CT molecular complexity index is 541. The summed E-state index contributed by atoms with van der Waals surface area (Å²) in [6, 6.07) is 6.60. The first-order chi connectivity index (χ1) is 8.30. The van der Waals surface area contributed by atoms with Crippen LogP contribution in [0.15, 0.2) is 29.2 Å². The van der Waals surface area contributed by atoms with Gasteiger partial charge in [0, 0.05) is 5.88 Å². The van der Waals surface area contributed by atoms with Crippen LogP contribution in [-0.4, -0.2) is 19.8 Å². The lowest BCUT2D eigenvalue weighted by atomic mass is 10.1. The van der Waals surface area contributed by atoms with Crippen molar-refractivity contribution in [2.24, 2.45) is 0 Å². The third kappa shape index (κ3) is 4.02. The minimum Gasteiger partial charge on any atom is -0.207 e. The summed E-state index contributed by atoms with van der Waals surface area (Å²) in [6.45, 7) is 3.26. The predicted octanol–water partition coefficient (Wildman–Crippen LogP) is 2.16. The van der Waals surface area contributed by atoms with Crippen LogP contribution in [0.25, 0.3) is 0 Å². The Kier molecular flexibility index (Phi) is 4.80. The molecule has 0 saturated carbocycles. The number of rotatable bonds is 5. The van der Waals surface area contributed by atoms with Crippen molar-refractivity contribution in [3.05, 3.63) is 29.8 Å². The summed E-state index contributed by atoms with van der Waals surface area (Å²) >= 11 is 5.62.